The predicted octanol–water partition coefficient (Wildman–Crippen LogP) is 0.673. The van der Waals surface area contributed by atoms with Crippen LogP contribution < -0.4 is 0 Å². The minimum absolute atomic E-state index is 0.0676. The van der Waals surface area contributed by atoms with E-state index in [0.717, 1.165) is 0 Å². The van der Waals surface area contributed by atoms with Crippen molar-refractivity contribution in [3.8, 4) is 0 Å². The van der Waals surface area contributed by atoms with Crippen LogP contribution in [-0.2, 0) is 9.47 Å². The van der Waals surface area contributed by atoms with E-state index in [1.54, 1.807) is 20.8 Å². The lowest BCUT2D eigenvalue weighted by atomic mass is 10.1. The monoisotopic (exact) mass is 200 g/mol. The number of amides is 1. The highest BCUT2D eigenvalue weighted by Gasteiger charge is 2.77. The van der Waals surface area contributed by atoms with Crippen LogP contribution in [0.5, 0.6) is 0 Å². The van der Waals surface area contributed by atoms with Crippen LogP contribution in [0.2, 0.25) is 0 Å². The summed E-state index contributed by atoms with van der Waals surface area (Å²) in [7, 11) is 0. The van der Waals surface area contributed by atoms with Crippen LogP contribution >= 0.6 is 0 Å². The van der Waals surface area contributed by atoms with E-state index in [0.29, 0.717) is 13.2 Å². The van der Waals surface area contributed by atoms with Crippen molar-refractivity contribution in [2.75, 3.05) is 13.2 Å². The molecule has 1 spiro atoms. The first-order valence-corrected chi connectivity index (χ1v) is 4.54. The highest BCUT2D eigenvalue weighted by Crippen LogP contribution is 2.34. The molecule has 2 aliphatic heterocycles. The number of hydrogen-bond acceptors (Lipinski definition) is 3. The third kappa shape index (κ3) is 1.19. The average Bonchev–Trinajstić information content (AvgIpc) is 2.50. The van der Waals surface area contributed by atoms with Crippen LogP contribution in [0.3, 0.4) is 0 Å². The molecule has 0 aromatic carbocycles. The van der Waals surface area contributed by atoms with Gasteiger partial charge in [-0.1, -0.05) is 4.58 Å². The van der Waals surface area contributed by atoms with Gasteiger partial charge in [-0.15, -0.1) is 0 Å². The molecule has 1 fully saturated rings. The number of nitrogens with zero attached hydrogens (tertiary/aromatic N) is 1. The summed E-state index contributed by atoms with van der Waals surface area (Å²) < 4.78 is 11.3. The standard InChI is InChI=1S/C9H13NO4/c1-8(2,3)14-7(12)10-6(11)9(10)4-13-5-9/h4-5H2,1-3H3/p+1. The van der Waals surface area contributed by atoms with Crippen molar-refractivity contribution in [1.82, 2.24) is 0 Å². The lowest BCUT2D eigenvalue weighted by Gasteiger charge is -2.19. The summed E-state index contributed by atoms with van der Waals surface area (Å²) in [4.78, 5) is 11.5. The quantitative estimate of drug-likeness (QED) is 0.584. The number of hydrogen-bond donors (Lipinski definition) is 1. The van der Waals surface area contributed by atoms with E-state index in [2.05, 4.69) is 0 Å². The Labute approximate surface area is 81.9 Å². The van der Waals surface area contributed by atoms with Crippen LogP contribution in [0, 0.1) is 0 Å². The highest BCUT2D eigenvalue weighted by atomic mass is 16.6. The van der Waals surface area contributed by atoms with Gasteiger partial charge in [-0.3, -0.25) is 0 Å². The normalized spacial score (nSPS) is 23.4. The second-order valence-corrected chi connectivity index (χ2v) is 4.66. The lowest BCUT2D eigenvalue weighted by Crippen LogP contribution is -2.48. The second-order valence-electron chi connectivity index (χ2n) is 4.66. The first kappa shape index (κ1) is 9.45. The second kappa shape index (κ2) is 2.48. The van der Waals surface area contributed by atoms with Crippen molar-refractivity contribution >= 4 is 12.0 Å². The molecule has 0 atom stereocenters. The molecule has 5 nitrogen and oxygen atoms in total. The van der Waals surface area contributed by atoms with Crippen LogP contribution in [0.25, 0.3) is 0 Å². The van der Waals surface area contributed by atoms with Gasteiger partial charge in [-0.25, -0.2) is 0 Å². The van der Waals surface area contributed by atoms with Gasteiger partial charge in [0.25, 0.3) is 0 Å². The minimum atomic E-state index is -0.553. The van der Waals surface area contributed by atoms with Gasteiger partial charge >= 0.3 is 17.5 Å². The van der Waals surface area contributed by atoms with Crippen molar-refractivity contribution in [1.29, 1.82) is 0 Å². The maximum Gasteiger partial charge on any atom is 0.601 e. The topological polar surface area (TPSA) is 58.8 Å². The molecule has 5 heteroatoms. The van der Waals surface area contributed by atoms with Gasteiger partial charge in [0.2, 0.25) is 0 Å². The third-order valence-corrected chi connectivity index (χ3v) is 2.26. The molecular formula is C9H14NO4+. The first-order chi connectivity index (χ1) is 6.37. The molecule has 2 aliphatic rings. The molecule has 0 aromatic rings. The Morgan fingerprint density at radius 1 is 1.57 bits per heavy atom. The van der Waals surface area contributed by atoms with Crippen molar-refractivity contribution in [2.45, 2.75) is 31.9 Å². The summed E-state index contributed by atoms with van der Waals surface area (Å²) in [6.07, 6.45) is -0.502. The van der Waals surface area contributed by atoms with E-state index < -0.39 is 17.2 Å². The molecule has 1 saturated heterocycles. The van der Waals surface area contributed by atoms with Gasteiger partial charge in [-0.05, 0) is 20.8 Å². The number of ether oxygens (including phenoxy) is 2. The fraction of sp³-hybridized carbons (Fsp3) is 0.778. The Balaban J connectivity index is 2.01. The Morgan fingerprint density at radius 2 is 2.14 bits per heavy atom. The molecule has 0 radical (unpaired) electrons. The van der Waals surface area contributed by atoms with E-state index >= 15 is 0 Å². The fourth-order valence-electron chi connectivity index (χ4n) is 1.43. The Kier molecular flexibility index (Phi) is 1.67. The van der Waals surface area contributed by atoms with Gasteiger partial charge in [0.15, 0.2) is 0 Å². The summed E-state index contributed by atoms with van der Waals surface area (Å²) in [5.41, 5.74) is -1.09. The lowest BCUT2D eigenvalue weighted by molar-refractivity contribution is -0.466. The van der Waals surface area contributed by atoms with E-state index in [1.165, 1.54) is 4.58 Å². The number of rotatable bonds is 0. The summed E-state index contributed by atoms with van der Waals surface area (Å²) in [5, 5.41) is 9.43. The summed E-state index contributed by atoms with van der Waals surface area (Å²) in [6, 6.07) is 0. The Bertz CT molecular complexity index is 322. The van der Waals surface area contributed by atoms with Crippen molar-refractivity contribution in [3.05, 3.63) is 0 Å². The summed E-state index contributed by atoms with van der Waals surface area (Å²) >= 11 is 0. The maximum atomic E-state index is 11.5. The smallest absolute Gasteiger partial charge is 0.458 e. The first-order valence-electron chi connectivity index (χ1n) is 4.54. The van der Waals surface area contributed by atoms with E-state index in [-0.39, 0.29) is 5.90 Å². The highest BCUT2D eigenvalue weighted by molar-refractivity contribution is 5.94. The van der Waals surface area contributed by atoms with Crippen LogP contribution in [-0.4, -0.2) is 46.0 Å². The molecule has 2 rings (SSSR count). The minimum Gasteiger partial charge on any atom is -0.458 e. The molecule has 78 valence electrons. The van der Waals surface area contributed by atoms with Crippen molar-refractivity contribution < 1.29 is 24.0 Å². The zero-order chi connectivity index (χ0) is 10.6. The zero-order valence-electron chi connectivity index (χ0n) is 8.53. The molecule has 0 unspecified atom stereocenters. The average molecular weight is 200 g/mol. The predicted molar refractivity (Wildman–Crippen MR) is 47.7 cm³/mol. The van der Waals surface area contributed by atoms with E-state index in [9.17, 15) is 9.90 Å². The number of carbonyl (C=O) groups excluding carboxylic acids is 1. The third-order valence-electron chi connectivity index (χ3n) is 2.26. The maximum absolute atomic E-state index is 11.5. The van der Waals surface area contributed by atoms with Crippen LogP contribution in [0.4, 0.5) is 4.79 Å². The van der Waals surface area contributed by atoms with Crippen molar-refractivity contribution in [2.24, 2.45) is 0 Å². The van der Waals surface area contributed by atoms with Crippen LogP contribution in [0.15, 0.2) is 0 Å². The molecule has 0 aromatic heterocycles. The molecular weight excluding hydrogens is 186 g/mol. The molecule has 0 bridgehead atoms. The summed E-state index contributed by atoms with van der Waals surface area (Å²) in [6.45, 7) is 6.11. The van der Waals surface area contributed by atoms with Gasteiger partial charge in [0, 0.05) is 0 Å². The molecule has 14 heavy (non-hydrogen) atoms. The molecule has 1 amide bonds. The summed E-state index contributed by atoms with van der Waals surface area (Å²) in [5.74, 6) is 0.0676. The van der Waals surface area contributed by atoms with Crippen LogP contribution in [0.1, 0.15) is 20.8 Å². The molecule has 2 heterocycles. The number of aliphatic hydroxyl groups is 1. The zero-order valence-corrected chi connectivity index (χ0v) is 8.53. The fourth-order valence-corrected chi connectivity index (χ4v) is 1.43. The SMILES string of the molecule is CC(C)(C)OC(=O)[N+]1=C(O)C12COC2. The molecule has 1 N–H and O–H groups in total. The van der Waals surface area contributed by atoms with Gasteiger partial charge in [-0.2, -0.15) is 4.79 Å². The van der Waals surface area contributed by atoms with E-state index in [4.69, 9.17) is 9.47 Å². The Hall–Kier alpha value is -1.10. The molecule has 0 aliphatic carbocycles. The largest absolute Gasteiger partial charge is 0.601 e. The van der Waals surface area contributed by atoms with Gasteiger partial charge in [0.05, 0.1) is 0 Å². The molecule has 0 saturated carbocycles. The van der Waals surface area contributed by atoms with Gasteiger partial charge in [0.1, 0.15) is 18.8 Å². The van der Waals surface area contributed by atoms with Crippen molar-refractivity contribution in [3.63, 3.8) is 0 Å². The number of aliphatic hydroxyl groups excluding tert-OH is 1. The van der Waals surface area contributed by atoms with E-state index in [1.807, 2.05) is 0 Å². The van der Waals surface area contributed by atoms with Gasteiger partial charge < -0.3 is 14.6 Å². The Morgan fingerprint density at radius 3 is 2.43 bits per heavy atom. The number of carbonyl (C=O) groups is 1.